The van der Waals surface area contributed by atoms with Crippen molar-refractivity contribution >= 4 is 33.6 Å². The average Bonchev–Trinajstić information content (AvgIpc) is 3.25. The number of piperidine rings is 2. The standard InChI is InChI=1S/C30H40N4O2.C19H26N4O2/c1-21-6-11-25-26(29(36)31-5)19-28(35)34(27(25)18-21)17-16-33-14-12-24(13-15-33)32-20-22-7-9-23(10-8-22)30(2,3)4;1-13-3-4-15-16(19(25)21-2)12-18(24)23(17(15)11-13)10-9-22-7-5-14(20)6-8-22/h6-11,18-19,24,32H,12-17,20H2,1-5H3,(H,31,36);3-4,11-12,14H,5-10,20H2,1-2H3,(H,21,25). The fraction of sp³-hybridized carbons (Fsp3) is 0.469. The molecule has 12 nitrogen and oxygen atoms in total. The Morgan fingerprint density at radius 1 is 0.639 bits per heavy atom. The van der Waals surface area contributed by atoms with Crippen molar-refractivity contribution in [1.29, 1.82) is 0 Å². The number of amides is 2. The quantitative estimate of drug-likeness (QED) is 0.140. The number of aryl methyl sites for hydroxylation is 2. The van der Waals surface area contributed by atoms with Crippen LogP contribution in [0.4, 0.5) is 0 Å². The highest BCUT2D eigenvalue weighted by molar-refractivity contribution is 6.07. The number of nitrogens with zero attached hydrogens (tertiary/aromatic N) is 4. The van der Waals surface area contributed by atoms with Crippen molar-refractivity contribution in [3.05, 3.63) is 127 Å². The van der Waals surface area contributed by atoms with Gasteiger partial charge in [0.05, 0.1) is 22.2 Å². The van der Waals surface area contributed by atoms with Crippen molar-refractivity contribution in [3.8, 4) is 0 Å². The third-order valence-corrected chi connectivity index (χ3v) is 12.4. The predicted molar refractivity (Wildman–Crippen MR) is 248 cm³/mol. The lowest BCUT2D eigenvalue weighted by Crippen LogP contribution is -2.43. The summed E-state index contributed by atoms with van der Waals surface area (Å²) in [5.41, 5.74) is 13.2. The minimum Gasteiger partial charge on any atom is -0.355 e. The zero-order valence-corrected chi connectivity index (χ0v) is 37.3. The summed E-state index contributed by atoms with van der Waals surface area (Å²) in [4.78, 5) is 54.9. The van der Waals surface area contributed by atoms with Crippen LogP contribution < -0.4 is 32.8 Å². The highest BCUT2D eigenvalue weighted by Gasteiger charge is 2.21. The number of nitrogens with one attached hydrogen (secondary N) is 3. The highest BCUT2D eigenvalue weighted by atomic mass is 16.2. The molecule has 61 heavy (non-hydrogen) atoms. The largest absolute Gasteiger partial charge is 0.355 e. The van der Waals surface area contributed by atoms with Crippen molar-refractivity contribution in [1.82, 2.24) is 34.9 Å². The van der Waals surface area contributed by atoms with Gasteiger partial charge in [0.1, 0.15) is 0 Å². The molecule has 326 valence electrons. The van der Waals surface area contributed by atoms with Gasteiger partial charge in [-0.3, -0.25) is 19.2 Å². The lowest BCUT2D eigenvalue weighted by molar-refractivity contribution is 0.0956. The van der Waals surface area contributed by atoms with Crippen LogP contribution in [0, 0.1) is 13.8 Å². The Hall–Kier alpha value is -5.14. The van der Waals surface area contributed by atoms with E-state index in [1.54, 1.807) is 18.7 Å². The Bertz CT molecular complexity index is 2430. The molecular formula is C49H66N8O4. The van der Waals surface area contributed by atoms with Gasteiger partial charge in [0.25, 0.3) is 22.9 Å². The molecule has 5 aromatic rings. The predicted octanol–water partition coefficient (Wildman–Crippen LogP) is 5.31. The average molecular weight is 831 g/mol. The van der Waals surface area contributed by atoms with Gasteiger partial charge in [0, 0.05) is 81.8 Å². The number of likely N-dealkylation sites (tertiary alicyclic amines) is 2. The van der Waals surface area contributed by atoms with E-state index in [9.17, 15) is 19.2 Å². The lowest BCUT2D eigenvalue weighted by Gasteiger charge is -2.32. The fourth-order valence-corrected chi connectivity index (χ4v) is 8.49. The molecule has 0 bridgehead atoms. The molecule has 3 aromatic carbocycles. The second-order valence-corrected chi connectivity index (χ2v) is 17.9. The van der Waals surface area contributed by atoms with E-state index in [0.717, 1.165) is 104 Å². The van der Waals surface area contributed by atoms with Crippen molar-refractivity contribution < 1.29 is 9.59 Å². The second-order valence-electron chi connectivity index (χ2n) is 17.9. The Morgan fingerprint density at radius 3 is 1.51 bits per heavy atom. The number of pyridine rings is 2. The van der Waals surface area contributed by atoms with Crippen LogP contribution >= 0.6 is 0 Å². The zero-order valence-electron chi connectivity index (χ0n) is 37.3. The molecule has 0 atom stereocenters. The van der Waals surface area contributed by atoms with Gasteiger partial charge < -0.3 is 40.6 Å². The molecule has 0 aliphatic carbocycles. The van der Waals surface area contributed by atoms with E-state index in [-0.39, 0.29) is 28.3 Å². The first-order valence-electron chi connectivity index (χ1n) is 21.9. The maximum atomic E-state index is 13.0. The lowest BCUT2D eigenvalue weighted by atomic mass is 9.87. The number of hydrogen-bond acceptors (Lipinski definition) is 8. The molecule has 2 aromatic heterocycles. The van der Waals surface area contributed by atoms with E-state index in [1.165, 1.54) is 23.3 Å². The van der Waals surface area contributed by atoms with Crippen LogP contribution in [0.2, 0.25) is 0 Å². The molecular weight excluding hydrogens is 765 g/mol. The second kappa shape index (κ2) is 20.2. The monoisotopic (exact) mass is 831 g/mol. The normalized spacial score (nSPS) is 15.7. The molecule has 2 amide bonds. The molecule has 7 rings (SSSR count). The van der Waals surface area contributed by atoms with Crippen LogP contribution in [-0.4, -0.2) is 96.2 Å². The van der Waals surface area contributed by atoms with Crippen LogP contribution in [-0.2, 0) is 25.0 Å². The smallest absolute Gasteiger partial charge is 0.251 e. The summed E-state index contributed by atoms with van der Waals surface area (Å²) in [6.45, 7) is 18.5. The molecule has 5 N–H and O–H groups in total. The van der Waals surface area contributed by atoms with Crippen LogP contribution in [0.5, 0.6) is 0 Å². The fourth-order valence-electron chi connectivity index (χ4n) is 8.49. The van der Waals surface area contributed by atoms with Gasteiger partial charge in [-0.1, -0.05) is 69.3 Å². The van der Waals surface area contributed by atoms with Crippen molar-refractivity contribution in [2.75, 3.05) is 53.4 Å². The molecule has 0 radical (unpaired) electrons. The van der Waals surface area contributed by atoms with Gasteiger partial charge in [-0.2, -0.15) is 0 Å². The van der Waals surface area contributed by atoms with Crippen LogP contribution in [0.15, 0.2) is 82.4 Å². The summed E-state index contributed by atoms with van der Waals surface area (Å²) in [6.07, 6.45) is 4.21. The summed E-state index contributed by atoms with van der Waals surface area (Å²) in [5, 5.41) is 10.6. The van der Waals surface area contributed by atoms with Gasteiger partial charge in [-0.05, 0) is 106 Å². The molecule has 2 fully saturated rings. The van der Waals surface area contributed by atoms with E-state index >= 15 is 0 Å². The van der Waals surface area contributed by atoms with Crippen LogP contribution in [0.1, 0.15) is 89.4 Å². The van der Waals surface area contributed by atoms with Gasteiger partial charge in [0.2, 0.25) is 0 Å². The van der Waals surface area contributed by atoms with E-state index in [2.05, 4.69) is 70.8 Å². The van der Waals surface area contributed by atoms with E-state index in [4.69, 9.17) is 5.73 Å². The Balaban J connectivity index is 0.000000218. The third-order valence-electron chi connectivity index (χ3n) is 12.4. The van der Waals surface area contributed by atoms with Crippen LogP contribution in [0.3, 0.4) is 0 Å². The number of rotatable bonds is 11. The van der Waals surface area contributed by atoms with E-state index < -0.39 is 0 Å². The molecule has 4 heterocycles. The molecule has 2 aliphatic heterocycles. The van der Waals surface area contributed by atoms with Gasteiger partial charge in [0.15, 0.2) is 0 Å². The van der Waals surface area contributed by atoms with Crippen molar-refractivity contribution in [2.45, 2.75) is 97.4 Å². The Morgan fingerprint density at radius 2 is 1.08 bits per heavy atom. The Labute approximate surface area is 360 Å². The Kier molecular flexibility index (Phi) is 15.0. The number of aromatic nitrogens is 2. The topological polar surface area (TPSA) is 147 Å². The summed E-state index contributed by atoms with van der Waals surface area (Å²) in [7, 11) is 3.17. The minimum atomic E-state index is -0.233. The number of nitrogens with two attached hydrogens (primary N) is 1. The van der Waals surface area contributed by atoms with E-state index in [1.807, 2.05) is 54.8 Å². The zero-order chi connectivity index (χ0) is 43.8. The first-order valence-corrected chi connectivity index (χ1v) is 21.9. The molecule has 2 saturated heterocycles. The minimum absolute atomic E-state index is 0.124. The summed E-state index contributed by atoms with van der Waals surface area (Å²) >= 11 is 0. The van der Waals surface area contributed by atoms with Gasteiger partial charge in [-0.25, -0.2) is 0 Å². The maximum Gasteiger partial charge on any atom is 0.251 e. The number of fused-ring (bicyclic) bond motifs is 2. The van der Waals surface area contributed by atoms with Crippen molar-refractivity contribution in [2.24, 2.45) is 5.73 Å². The SMILES string of the molecule is CNC(=O)c1cc(=O)n(CCN2CCC(N)CC2)c2cc(C)ccc12.CNC(=O)c1cc(=O)n(CCN2CCC(NCc3ccc(C(C)(C)C)cc3)CC2)c2cc(C)ccc12. The summed E-state index contributed by atoms with van der Waals surface area (Å²) in [5.74, 6) is -0.462. The van der Waals surface area contributed by atoms with Crippen molar-refractivity contribution in [3.63, 3.8) is 0 Å². The number of benzene rings is 3. The molecule has 0 spiro atoms. The highest BCUT2D eigenvalue weighted by Crippen LogP contribution is 2.24. The van der Waals surface area contributed by atoms with Gasteiger partial charge in [-0.15, -0.1) is 0 Å². The number of hydrogen-bond donors (Lipinski definition) is 4. The summed E-state index contributed by atoms with van der Waals surface area (Å²) in [6, 6.07) is 24.5. The van der Waals surface area contributed by atoms with E-state index in [0.29, 0.717) is 36.3 Å². The molecule has 12 heteroatoms. The third kappa shape index (κ3) is 11.4. The number of carbonyl (C=O) groups is 2. The summed E-state index contributed by atoms with van der Waals surface area (Å²) < 4.78 is 3.60. The molecule has 2 aliphatic rings. The number of carbonyl (C=O) groups excluding carboxylic acids is 2. The maximum absolute atomic E-state index is 13.0. The molecule has 0 saturated carbocycles. The first kappa shape index (κ1) is 45.4. The van der Waals surface area contributed by atoms with Crippen LogP contribution in [0.25, 0.3) is 21.8 Å². The van der Waals surface area contributed by atoms with Gasteiger partial charge >= 0.3 is 0 Å². The molecule has 0 unspecified atom stereocenters. The first-order chi connectivity index (χ1) is 29.1.